The van der Waals surface area contributed by atoms with Crippen molar-refractivity contribution < 1.29 is 4.39 Å². The third kappa shape index (κ3) is 6.18. The molecule has 0 heterocycles. The molecule has 0 unspecified atom stereocenters. The molecule has 0 aliphatic heterocycles. The topological polar surface area (TPSA) is 0 Å². The second-order valence-corrected chi connectivity index (χ2v) is 6.59. The number of halogens is 1. The summed E-state index contributed by atoms with van der Waals surface area (Å²) in [5, 5.41) is 1.11. The minimum atomic E-state index is -0.186. The number of rotatable bonds is 6. The lowest BCUT2D eigenvalue weighted by atomic mass is 10.1. The van der Waals surface area contributed by atoms with Crippen LogP contribution >= 0.6 is 21.6 Å². The van der Waals surface area contributed by atoms with E-state index in [1.54, 1.807) is 0 Å². The van der Waals surface area contributed by atoms with Gasteiger partial charge in [0.15, 0.2) is 0 Å². The van der Waals surface area contributed by atoms with E-state index in [-0.39, 0.29) is 6.67 Å². The Morgan fingerprint density at radius 3 is 2.00 bits per heavy atom. The third-order valence-electron chi connectivity index (χ3n) is 1.51. The molecule has 0 aliphatic rings. The summed E-state index contributed by atoms with van der Waals surface area (Å²) < 4.78 is 12.1. The molecule has 0 saturated heterocycles. The molecule has 0 aliphatic carbocycles. The monoisotopic (exact) mass is 210 g/mol. The highest BCUT2D eigenvalue weighted by Crippen LogP contribution is 2.35. The average molecular weight is 210 g/mol. The molecule has 0 bridgehead atoms. The molecule has 0 aromatic heterocycles. The fraction of sp³-hybridized carbons (Fsp3) is 1.00. The van der Waals surface area contributed by atoms with Gasteiger partial charge in [-0.2, -0.15) is 0 Å². The van der Waals surface area contributed by atoms with Gasteiger partial charge in [0.05, 0.1) is 6.67 Å². The van der Waals surface area contributed by atoms with Gasteiger partial charge in [0.25, 0.3) is 0 Å². The van der Waals surface area contributed by atoms with Crippen molar-refractivity contribution in [2.24, 2.45) is 5.92 Å². The average Bonchev–Trinajstić information content (AvgIpc) is 1.96. The van der Waals surface area contributed by atoms with E-state index < -0.39 is 0 Å². The maximum atomic E-state index is 12.1. The van der Waals surface area contributed by atoms with Crippen LogP contribution < -0.4 is 0 Å². The largest absolute Gasteiger partial charge is 0.251 e. The van der Waals surface area contributed by atoms with Crippen molar-refractivity contribution in [3.8, 4) is 0 Å². The lowest BCUT2D eigenvalue weighted by molar-refractivity contribution is 0.438. The Hall–Kier alpha value is 0.630. The van der Waals surface area contributed by atoms with E-state index >= 15 is 0 Å². The Morgan fingerprint density at radius 1 is 1.08 bits per heavy atom. The first-order valence-electron chi connectivity index (χ1n) is 4.46. The van der Waals surface area contributed by atoms with Crippen LogP contribution in [0.25, 0.3) is 0 Å². The van der Waals surface area contributed by atoms with Gasteiger partial charge < -0.3 is 0 Å². The lowest BCUT2D eigenvalue weighted by Gasteiger charge is -2.18. The van der Waals surface area contributed by atoms with Crippen molar-refractivity contribution in [2.75, 3.05) is 6.67 Å². The van der Waals surface area contributed by atoms with Crippen LogP contribution in [0.1, 0.15) is 34.1 Å². The van der Waals surface area contributed by atoms with Gasteiger partial charge in [-0.05, 0) is 12.3 Å². The summed E-state index contributed by atoms with van der Waals surface area (Å²) in [6.45, 7) is 8.48. The molecule has 0 rings (SSSR count). The zero-order valence-electron chi connectivity index (χ0n) is 8.34. The van der Waals surface area contributed by atoms with Crippen LogP contribution in [0, 0.1) is 5.92 Å². The fourth-order valence-corrected chi connectivity index (χ4v) is 3.61. The van der Waals surface area contributed by atoms with E-state index in [2.05, 4.69) is 27.7 Å². The zero-order valence-corrected chi connectivity index (χ0v) is 9.97. The predicted molar refractivity (Wildman–Crippen MR) is 59.5 cm³/mol. The second kappa shape index (κ2) is 7.07. The predicted octanol–water partition coefficient (Wildman–Crippen LogP) is 4.16. The molecule has 0 amide bonds. The van der Waals surface area contributed by atoms with Crippen LogP contribution in [0.5, 0.6) is 0 Å². The highest BCUT2D eigenvalue weighted by molar-refractivity contribution is 8.77. The summed E-state index contributed by atoms with van der Waals surface area (Å²) in [6, 6.07) is 0. The molecule has 0 radical (unpaired) electrons. The SMILES string of the molecule is CC(C)SS[C@H](CCF)C(C)C. The Bertz CT molecular complexity index is 105. The summed E-state index contributed by atoms with van der Waals surface area (Å²) in [4.78, 5) is 0. The van der Waals surface area contributed by atoms with Gasteiger partial charge in [-0.25, -0.2) is 0 Å². The van der Waals surface area contributed by atoms with Crippen LogP contribution in [0.2, 0.25) is 0 Å². The first-order valence-corrected chi connectivity index (χ1v) is 6.73. The van der Waals surface area contributed by atoms with Crippen LogP contribution in [0.3, 0.4) is 0 Å². The maximum Gasteiger partial charge on any atom is 0.0905 e. The van der Waals surface area contributed by atoms with Gasteiger partial charge in [-0.15, -0.1) is 0 Å². The van der Waals surface area contributed by atoms with Crippen molar-refractivity contribution in [3.05, 3.63) is 0 Å². The summed E-state index contributed by atoms with van der Waals surface area (Å²) in [5.41, 5.74) is 0. The van der Waals surface area contributed by atoms with Crippen molar-refractivity contribution in [1.82, 2.24) is 0 Å². The molecule has 0 N–H and O–H groups in total. The Morgan fingerprint density at radius 2 is 1.67 bits per heavy atom. The van der Waals surface area contributed by atoms with Crippen LogP contribution in [-0.4, -0.2) is 17.2 Å². The van der Waals surface area contributed by atoms with Crippen molar-refractivity contribution in [3.63, 3.8) is 0 Å². The lowest BCUT2D eigenvalue weighted by Crippen LogP contribution is -2.11. The van der Waals surface area contributed by atoms with Gasteiger partial charge in [0.1, 0.15) is 0 Å². The fourth-order valence-electron chi connectivity index (χ4n) is 0.783. The van der Waals surface area contributed by atoms with Crippen LogP contribution in [0.15, 0.2) is 0 Å². The molecule has 1 atom stereocenters. The summed E-state index contributed by atoms with van der Waals surface area (Å²) >= 11 is 0. The Kier molecular flexibility index (Phi) is 7.45. The molecule has 0 spiro atoms. The molecular formula is C9H19FS2. The molecule has 3 heteroatoms. The molecule has 0 aromatic rings. The number of alkyl halides is 1. The normalized spacial score (nSPS) is 14.2. The van der Waals surface area contributed by atoms with E-state index in [1.165, 1.54) is 0 Å². The van der Waals surface area contributed by atoms with Gasteiger partial charge >= 0.3 is 0 Å². The second-order valence-electron chi connectivity index (χ2n) is 3.50. The standard InChI is InChI=1S/C9H19FS2/c1-7(2)9(5-6-10)12-11-8(3)4/h7-9H,5-6H2,1-4H3/t9-/m1/s1. The van der Waals surface area contributed by atoms with E-state index in [1.807, 2.05) is 21.6 Å². The van der Waals surface area contributed by atoms with Gasteiger partial charge in [0.2, 0.25) is 0 Å². The molecule has 0 nitrogen and oxygen atoms in total. The molecular weight excluding hydrogens is 191 g/mol. The van der Waals surface area contributed by atoms with Crippen molar-refractivity contribution in [1.29, 1.82) is 0 Å². The van der Waals surface area contributed by atoms with Crippen LogP contribution in [0.4, 0.5) is 4.39 Å². The molecule has 74 valence electrons. The molecule has 12 heavy (non-hydrogen) atoms. The number of hydrogen-bond donors (Lipinski definition) is 0. The van der Waals surface area contributed by atoms with Crippen LogP contribution in [-0.2, 0) is 0 Å². The quantitative estimate of drug-likeness (QED) is 0.604. The Balaban J connectivity index is 3.63. The molecule has 0 saturated carbocycles. The molecule has 0 fully saturated rings. The van der Waals surface area contributed by atoms with E-state index in [0.29, 0.717) is 22.8 Å². The summed E-state index contributed by atoms with van der Waals surface area (Å²) in [5.74, 6) is 0.581. The smallest absolute Gasteiger partial charge is 0.0905 e. The first-order chi connectivity index (χ1) is 5.57. The summed E-state index contributed by atoms with van der Waals surface area (Å²) in [6.07, 6.45) is 0.696. The van der Waals surface area contributed by atoms with E-state index in [4.69, 9.17) is 0 Å². The van der Waals surface area contributed by atoms with Gasteiger partial charge in [0, 0.05) is 10.5 Å². The van der Waals surface area contributed by atoms with Gasteiger partial charge in [-0.3, -0.25) is 4.39 Å². The third-order valence-corrected chi connectivity index (χ3v) is 5.26. The Labute approximate surface area is 83.5 Å². The zero-order chi connectivity index (χ0) is 9.56. The summed E-state index contributed by atoms with van der Waals surface area (Å²) in [7, 11) is 3.70. The van der Waals surface area contributed by atoms with E-state index in [9.17, 15) is 4.39 Å². The van der Waals surface area contributed by atoms with E-state index in [0.717, 1.165) is 0 Å². The maximum absolute atomic E-state index is 12.1. The highest BCUT2D eigenvalue weighted by Gasteiger charge is 2.14. The van der Waals surface area contributed by atoms with Crippen molar-refractivity contribution >= 4 is 21.6 Å². The van der Waals surface area contributed by atoms with Gasteiger partial charge in [-0.1, -0.05) is 49.3 Å². The van der Waals surface area contributed by atoms with Crippen molar-refractivity contribution in [2.45, 2.75) is 44.6 Å². The minimum absolute atomic E-state index is 0.186. The molecule has 0 aromatic carbocycles. The first kappa shape index (κ1) is 12.6. The number of hydrogen-bond acceptors (Lipinski definition) is 2. The minimum Gasteiger partial charge on any atom is -0.251 e. The highest BCUT2D eigenvalue weighted by atomic mass is 33.1.